The molecule has 1 aliphatic carbocycles. The predicted octanol–water partition coefficient (Wildman–Crippen LogP) is 2.85. The third kappa shape index (κ3) is 2.45. The van der Waals surface area contributed by atoms with Crippen molar-refractivity contribution >= 4 is 0 Å². The van der Waals surface area contributed by atoms with Crippen LogP contribution in [0.4, 0.5) is 13.2 Å². The van der Waals surface area contributed by atoms with Crippen LogP contribution < -0.4 is 0 Å². The van der Waals surface area contributed by atoms with E-state index in [0.717, 1.165) is 12.8 Å². The Bertz CT molecular complexity index is 451. The molecular weight excluding hydrogens is 229 g/mol. The number of benzene rings is 1. The second kappa shape index (κ2) is 4.08. The maximum absolute atomic E-state index is 12.9. The first-order valence-electron chi connectivity index (χ1n) is 5.31. The number of hydrogen-bond acceptors (Lipinski definition) is 1. The van der Waals surface area contributed by atoms with E-state index in [2.05, 4.69) is 5.92 Å². The third-order valence-electron chi connectivity index (χ3n) is 2.64. The van der Waals surface area contributed by atoms with E-state index >= 15 is 0 Å². The molecule has 1 aliphatic rings. The fraction of sp³-hybridized carbons (Fsp3) is 0.385. The molecule has 90 valence electrons. The Morgan fingerprint density at radius 2 is 1.71 bits per heavy atom. The first-order valence-corrected chi connectivity index (χ1v) is 5.31. The van der Waals surface area contributed by atoms with Crippen molar-refractivity contribution in [3.05, 3.63) is 35.9 Å². The van der Waals surface area contributed by atoms with Crippen LogP contribution in [0.3, 0.4) is 0 Å². The van der Waals surface area contributed by atoms with E-state index in [-0.39, 0.29) is 11.5 Å². The quantitative estimate of drug-likeness (QED) is 0.748. The summed E-state index contributed by atoms with van der Waals surface area (Å²) in [4.78, 5) is 0. The molecule has 1 nitrogen and oxygen atoms in total. The highest BCUT2D eigenvalue weighted by Crippen LogP contribution is 2.39. The van der Waals surface area contributed by atoms with Crippen LogP contribution in [-0.4, -0.2) is 11.3 Å². The second-order valence-corrected chi connectivity index (χ2v) is 4.12. The average molecular weight is 240 g/mol. The number of alkyl halides is 3. The van der Waals surface area contributed by atoms with E-state index in [4.69, 9.17) is 0 Å². The summed E-state index contributed by atoms with van der Waals surface area (Å²) in [6.45, 7) is 0. The minimum Gasteiger partial charge on any atom is -0.366 e. The van der Waals surface area contributed by atoms with Gasteiger partial charge in [-0.15, -0.1) is 0 Å². The molecule has 1 unspecified atom stereocenters. The van der Waals surface area contributed by atoms with Gasteiger partial charge in [0.25, 0.3) is 0 Å². The van der Waals surface area contributed by atoms with E-state index in [0.29, 0.717) is 0 Å². The molecule has 1 fully saturated rings. The van der Waals surface area contributed by atoms with Crippen molar-refractivity contribution in [2.45, 2.75) is 24.6 Å². The van der Waals surface area contributed by atoms with Gasteiger partial charge < -0.3 is 5.11 Å². The Kier molecular flexibility index (Phi) is 2.88. The number of halogens is 3. The molecule has 0 bridgehead atoms. The van der Waals surface area contributed by atoms with Crippen molar-refractivity contribution in [1.29, 1.82) is 0 Å². The number of rotatable bonds is 1. The van der Waals surface area contributed by atoms with E-state index < -0.39 is 11.8 Å². The number of aliphatic hydroxyl groups is 1. The Hall–Kier alpha value is -1.47. The summed E-state index contributed by atoms with van der Waals surface area (Å²) in [5.74, 6) is 4.48. The van der Waals surface area contributed by atoms with Crippen molar-refractivity contribution in [3.63, 3.8) is 0 Å². The van der Waals surface area contributed by atoms with Gasteiger partial charge >= 0.3 is 6.18 Å². The second-order valence-electron chi connectivity index (χ2n) is 4.12. The van der Waals surface area contributed by atoms with Gasteiger partial charge in [-0.2, -0.15) is 13.2 Å². The lowest BCUT2D eigenvalue weighted by molar-refractivity contribution is -0.240. The van der Waals surface area contributed by atoms with Crippen LogP contribution in [-0.2, 0) is 5.60 Å². The van der Waals surface area contributed by atoms with E-state index in [1.54, 1.807) is 6.07 Å². The summed E-state index contributed by atoms with van der Waals surface area (Å²) < 4.78 is 38.7. The molecule has 0 saturated heterocycles. The minimum atomic E-state index is -4.80. The predicted molar refractivity (Wildman–Crippen MR) is 56.9 cm³/mol. The normalized spacial score (nSPS) is 19.1. The summed E-state index contributed by atoms with van der Waals surface area (Å²) in [6, 6.07) is 6.95. The van der Waals surface area contributed by atoms with Crippen LogP contribution in [0.1, 0.15) is 18.4 Å². The van der Waals surface area contributed by atoms with Crippen LogP contribution in [0, 0.1) is 17.8 Å². The summed E-state index contributed by atoms with van der Waals surface area (Å²) in [7, 11) is 0. The van der Waals surface area contributed by atoms with Gasteiger partial charge in [-0.05, 0) is 12.8 Å². The summed E-state index contributed by atoms with van der Waals surface area (Å²) >= 11 is 0. The van der Waals surface area contributed by atoms with Crippen molar-refractivity contribution in [2.24, 2.45) is 5.92 Å². The third-order valence-corrected chi connectivity index (χ3v) is 2.64. The molecule has 2 rings (SSSR count). The molecule has 1 saturated carbocycles. The minimum absolute atomic E-state index is 0.00703. The average Bonchev–Trinajstić information content (AvgIpc) is 3.09. The topological polar surface area (TPSA) is 20.2 Å². The van der Waals surface area contributed by atoms with Crippen LogP contribution in [0.15, 0.2) is 30.3 Å². The maximum atomic E-state index is 12.9. The van der Waals surface area contributed by atoms with Gasteiger partial charge in [0.2, 0.25) is 5.60 Å². The highest BCUT2D eigenvalue weighted by molar-refractivity contribution is 5.34. The van der Waals surface area contributed by atoms with Crippen molar-refractivity contribution in [1.82, 2.24) is 0 Å². The molecule has 4 heteroatoms. The largest absolute Gasteiger partial charge is 0.433 e. The molecule has 17 heavy (non-hydrogen) atoms. The SMILES string of the molecule is OC(C#CC1CC1)(c1ccccc1)C(F)(F)F. The molecule has 0 aromatic heterocycles. The zero-order chi connectivity index (χ0) is 12.5. The molecule has 1 atom stereocenters. The first kappa shape index (κ1) is 12.0. The van der Waals surface area contributed by atoms with Crippen LogP contribution in [0.25, 0.3) is 0 Å². The molecule has 1 aromatic rings. The molecule has 0 aliphatic heterocycles. The van der Waals surface area contributed by atoms with Gasteiger partial charge in [0, 0.05) is 11.5 Å². The zero-order valence-corrected chi connectivity index (χ0v) is 8.96. The Labute approximate surface area is 97.3 Å². The Balaban J connectivity index is 2.41. The molecule has 0 spiro atoms. The van der Waals surface area contributed by atoms with Gasteiger partial charge in [-0.3, -0.25) is 0 Å². The fourth-order valence-corrected chi connectivity index (χ4v) is 1.42. The first-order chi connectivity index (χ1) is 7.93. The van der Waals surface area contributed by atoms with Crippen molar-refractivity contribution in [2.75, 3.05) is 0 Å². The standard InChI is InChI=1S/C13H11F3O/c14-13(15,16)12(17,9-8-10-6-7-10)11-4-2-1-3-5-11/h1-5,10,17H,6-7H2. The molecule has 1 N–H and O–H groups in total. The van der Waals surface area contributed by atoms with Crippen LogP contribution >= 0.6 is 0 Å². The summed E-state index contributed by atoms with van der Waals surface area (Å²) in [5, 5.41) is 9.80. The molecule has 0 radical (unpaired) electrons. The van der Waals surface area contributed by atoms with Gasteiger partial charge in [0.1, 0.15) is 0 Å². The molecule has 1 aromatic carbocycles. The van der Waals surface area contributed by atoms with E-state index in [1.807, 2.05) is 5.92 Å². The van der Waals surface area contributed by atoms with Gasteiger partial charge in [0.05, 0.1) is 0 Å². The van der Waals surface area contributed by atoms with Gasteiger partial charge in [0.15, 0.2) is 0 Å². The van der Waals surface area contributed by atoms with E-state index in [9.17, 15) is 18.3 Å². The highest BCUT2D eigenvalue weighted by Gasteiger charge is 2.54. The molecular formula is C13H11F3O. The fourth-order valence-electron chi connectivity index (χ4n) is 1.42. The van der Waals surface area contributed by atoms with E-state index in [1.165, 1.54) is 24.3 Å². The lowest BCUT2D eigenvalue weighted by Crippen LogP contribution is -2.41. The lowest BCUT2D eigenvalue weighted by Gasteiger charge is -2.25. The van der Waals surface area contributed by atoms with Crippen molar-refractivity contribution in [3.8, 4) is 11.8 Å². The molecule has 0 amide bonds. The molecule has 0 heterocycles. The lowest BCUT2D eigenvalue weighted by atomic mass is 9.93. The van der Waals surface area contributed by atoms with Crippen molar-refractivity contribution < 1.29 is 18.3 Å². The smallest absolute Gasteiger partial charge is 0.366 e. The van der Waals surface area contributed by atoms with Crippen LogP contribution in [0.5, 0.6) is 0 Å². The summed E-state index contributed by atoms with van der Waals surface area (Å²) in [5.41, 5.74) is -3.29. The summed E-state index contributed by atoms with van der Waals surface area (Å²) in [6.07, 6.45) is -3.16. The van der Waals surface area contributed by atoms with Crippen LogP contribution in [0.2, 0.25) is 0 Å². The maximum Gasteiger partial charge on any atom is 0.433 e. The zero-order valence-electron chi connectivity index (χ0n) is 8.96. The van der Waals surface area contributed by atoms with Gasteiger partial charge in [-0.1, -0.05) is 42.2 Å². The Morgan fingerprint density at radius 3 is 2.18 bits per heavy atom. The highest BCUT2D eigenvalue weighted by atomic mass is 19.4. The number of hydrogen-bond donors (Lipinski definition) is 1. The van der Waals surface area contributed by atoms with Gasteiger partial charge in [-0.25, -0.2) is 0 Å². The Morgan fingerprint density at radius 1 is 1.12 bits per heavy atom. The monoisotopic (exact) mass is 240 g/mol.